The van der Waals surface area contributed by atoms with E-state index in [1.165, 1.54) is 12.3 Å². The molecule has 1 aromatic heterocycles. The number of nitrogens with zero attached hydrogens (tertiary/aromatic N) is 1. The summed E-state index contributed by atoms with van der Waals surface area (Å²) in [6.07, 6.45) is 1.33. The Balaban J connectivity index is 2.67. The molecule has 104 valence electrons. The fraction of sp³-hybridized carbons (Fsp3) is 0.200. The Labute approximate surface area is 116 Å². The summed E-state index contributed by atoms with van der Waals surface area (Å²) in [5.74, 6) is -0.601. The van der Waals surface area contributed by atoms with Crippen molar-refractivity contribution in [2.24, 2.45) is 0 Å². The van der Waals surface area contributed by atoms with Crippen LogP contribution in [0.15, 0.2) is 41.3 Å². The lowest BCUT2D eigenvalue weighted by molar-refractivity contribution is 0.0694. The molecule has 0 aliphatic heterocycles. The summed E-state index contributed by atoms with van der Waals surface area (Å²) in [6, 6.07) is 8.59. The molecule has 5 heteroatoms. The van der Waals surface area contributed by atoms with E-state index in [2.05, 4.69) is 0 Å². The van der Waals surface area contributed by atoms with Gasteiger partial charge in [-0.3, -0.25) is 4.79 Å². The smallest absolute Gasteiger partial charge is 0.341 e. The predicted octanol–water partition coefficient (Wildman–Crippen LogP) is 2.24. The lowest BCUT2D eigenvalue weighted by atomic mass is 10.2. The quantitative estimate of drug-likeness (QED) is 0.927. The largest absolute Gasteiger partial charge is 0.492 e. The summed E-state index contributed by atoms with van der Waals surface area (Å²) in [7, 11) is 0. The van der Waals surface area contributed by atoms with Gasteiger partial charge in [0.05, 0.1) is 12.3 Å². The number of aromatic nitrogens is 1. The number of aryl methyl sites for hydroxylation is 1. The van der Waals surface area contributed by atoms with E-state index in [-0.39, 0.29) is 5.56 Å². The van der Waals surface area contributed by atoms with E-state index in [0.717, 1.165) is 0 Å². The first kappa shape index (κ1) is 13.9. The lowest BCUT2D eigenvalue weighted by Crippen LogP contribution is -2.18. The highest BCUT2D eigenvalue weighted by Crippen LogP contribution is 2.23. The summed E-state index contributed by atoms with van der Waals surface area (Å²) in [5.41, 5.74) is 0.587. The molecule has 5 nitrogen and oxygen atoms in total. The van der Waals surface area contributed by atoms with Gasteiger partial charge in [0.25, 0.3) is 0 Å². The van der Waals surface area contributed by atoms with E-state index in [1.54, 1.807) is 17.6 Å². The van der Waals surface area contributed by atoms with Crippen LogP contribution in [-0.2, 0) is 0 Å². The topological polar surface area (TPSA) is 68.5 Å². The summed E-state index contributed by atoms with van der Waals surface area (Å²) in [5, 5.41) is 9.06. The molecule has 0 aliphatic carbocycles. The number of hydrogen-bond donors (Lipinski definition) is 1. The maximum absolute atomic E-state index is 11.7. The van der Waals surface area contributed by atoms with Crippen LogP contribution in [0, 0.1) is 6.92 Å². The molecular formula is C15H15NO4. The number of ether oxygens (including phenoxy) is 1. The van der Waals surface area contributed by atoms with Crippen molar-refractivity contribution in [3.8, 4) is 11.4 Å². The lowest BCUT2D eigenvalue weighted by Gasteiger charge is -2.15. The van der Waals surface area contributed by atoms with Crippen molar-refractivity contribution in [1.82, 2.24) is 4.57 Å². The minimum Gasteiger partial charge on any atom is -0.492 e. The van der Waals surface area contributed by atoms with E-state index in [4.69, 9.17) is 9.84 Å². The number of carboxylic acids is 1. The molecule has 0 spiro atoms. The van der Waals surface area contributed by atoms with Gasteiger partial charge in [0.1, 0.15) is 11.3 Å². The summed E-state index contributed by atoms with van der Waals surface area (Å²) < 4.78 is 7.18. The maximum Gasteiger partial charge on any atom is 0.341 e. The first-order valence-corrected chi connectivity index (χ1v) is 6.23. The van der Waals surface area contributed by atoms with Crippen molar-refractivity contribution < 1.29 is 14.6 Å². The van der Waals surface area contributed by atoms with E-state index in [0.29, 0.717) is 23.7 Å². The fourth-order valence-corrected chi connectivity index (χ4v) is 1.99. The Morgan fingerprint density at radius 3 is 2.70 bits per heavy atom. The molecule has 1 aromatic carbocycles. The maximum atomic E-state index is 11.7. The van der Waals surface area contributed by atoms with Crippen molar-refractivity contribution >= 4 is 5.97 Å². The Bertz CT molecular complexity index is 703. The fourth-order valence-electron chi connectivity index (χ4n) is 1.99. The molecule has 2 rings (SSSR count). The summed E-state index contributed by atoms with van der Waals surface area (Å²) in [6.45, 7) is 4.12. The van der Waals surface area contributed by atoms with Crippen LogP contribution in [0.3, 0.4) is 0 Å². The molecule has 0 bridgehead atoms. The Morgan fingerprint density at radius 2 is 2.05 bits per heavy atom. The molecule has 1 heterocycles. The molecule has 0 radical (unpaired) electrons. The number of pyridine rings is 1. The molecule has 0 fully saturated rings. The van der Waals surface area contributed by atoms with Crippen LogP contribution >= 0.6 is 0 Å². The van der Waals surface area contributed by atoms with Crippen LogP contribution in [0.1, 0.15) is 23.0 Å². The highest BCUT2D eigenvalue weighted by atomic mass is 16.5. The minimum absolute atomic E-state index is 0.262. The Morgan fingerprint density at radius 1 is 1.35 bits per heavy atom. The van der Waals surface area contributed by atoms with Crippen LogP contribution in [0.5, 0.6) is 5.75 Å². The second-order valence-corrected chi connectivity index (χ2v) is 4.27. The Hall–Kier alpha value is -2.56. The highest BCUT2D eigenvalue weighted by Gasteiger charge is 2.13. The molecule has 20 heavy (non-hydrogen) atoms. The van der Waals surface area contributed by atoms with Gasteiger partial charge < -0.3 is 14.4 Å². The molecule has 0 amide bonds. The number of aromatic carboxylic acids is 1. The van der Waals surface area contributed by atoms with Crippen molar-refractivity contribution in [3.63, 3.8) is 0 Å². The predicted molar refractivity (Wildman–Crippen MR) is 74.9 cm³/mol. The van der Waals surface area contributed by atoms with Gasteiger partial charge in [-0.1, -0.05) is 12.1 Å². The van der Waals surface area contributed by atoms with E-state index < -0.39 is 11.4 Å². The van der Waals surface area contributed by atoms with Crippen LogP contribution < -0.4 is 10.2 Å². The highest BCUT2D eigenvalue weighted by molar-refractivity contribution is 5.87. The van der Waals surface area contributed by atoms with E-state index in [1.807, 2.05) is 25.1 Å². The number of para-hydroxylation sites is 2. The zero-order valence-electron chi connectivity index (χ0n) is 11.3. The number of carboxylic acid groups (broad SMARTS) is 1. The summed E-state index contributed by atoms with van der Waals surface area (Å²) in [4.78, 5) is 22.7. The van der Waals surface area contributed by atoms with Crippen LogP contribution in [-0.4, -0.2) is 22.2 Å². The average Bonchev–Trinajstić information content (AvgIpc) is 2.40. The molecule has 0 saturated carbocycles. The van der Waals surface area contributed by atoms with Crippen molar-refractivity contribution in [2.45, 2.75) is 13.8 Å². The third-order valence-corrected chi connectivity index (χ3v) is 2.90. The van der Waals surface area contributed by atoms with Crippen molar-refractivity contribution in [2.75, 3.05) is 6.61 Å². The van der Waals surface area contributed by atoms with Gasteiger partial charge >= 0.3 is 5.97 Å². The normalized spacial score (nSPS) is 10.3. The van der Waals surface area contributed by atoms with Crippen LogP contribution in [0.4, 0.5) is 0 Å². The van der Waals surface area contributed by atoms with E-state index >= 15 is 0 Å². The molecule has 0 atom stereocenters. The molecular weight excluding hydrogens is 258 g/mol. The zero-order chi connectivity index (χ0) is 14.7. The van der Waals surface area contributed by atoms with Crippen LogP contribution in [0.25, 0.3) is 5.69 Å². The summed E-state index contributed by atoms with van der Waals surface area (Å²) >= 11 is 0. The average molecular weight is 273 g/mol. The number of benzene rings is 1. The number of rotatable bonds is 4. The molecule has 0 unspecified atom stereocenters. The first-order chi connectivity index (χ1) is 9.54. The zero-order valence-corrected chi connectivity index (χ0v) is 11.3. The number of hydrogen-bond acceptors (Lipinski definition) is 3. The van der Waals surface area contributed by atoms with Gasteiger partial charge in [0, 0.05) is 18.0 Å². The molecule has 2 aromatic rings. The van der Waals surface area contributed by atoms with Crippen LogP contribution in [0.2, 0.25) is 0 Å². The third kappa shape index (κ3) is 2.56. The second-order valence-electron chi connectivity index (χ2n) is 4.27. The van der Waals surface area contributed by atoms with Gasteiger partial charge in [-0.2, -0.15) is 0 Å². The molecule has 0 saturated heterocycles. The third-order valence-electron chi connectivity index (χ3n) is 2.90. The monoisotopic (exact) mass is 273 g/mol. The Kier molecular flexibility index (Phi) is 3.89. The molecule has 1 N–H and O–H groups in total. The minimum atomic E-state index is -1.24. The second kappa shape index (κ2) is 5.61. The van der Waals surface area contributed by atoms with Gasteiger partial charge in [-0.15, -0.1) is 0 Å². The molecule has 0 aliphatic rings. The van der Waals surface area contributed by atoms with E-state index in [9.17, 15) is 9.59 Å². The first-order valence-electron chi connectivity index (χ1n) is 6.23. The standard InChI is InChI=1S/C15H15NO4/c1-3-20-14-7-5-4-6-12(14)16-9-11(15(18)19)13(17)8-10(16)2/h4-9H,3H2,1-2H3,(H,18,19). The van der Waals surface area contributed by atoms with Gasteiger partial charge in [0.15, 0.2) is 5.43 Å². The number of carbonyl (C=O) groups is 1. The van der Waals surface area contributed by atoms with Gasteiger partial charge in [-0.05, 0) is 26.0 Å². The SMILES string of the molecule is CCOc1ccccc1-n1cc(C(=O)O)c(=O)cc1C. The van der Waals surface area contributed by atoms with Crippen molar-refractivity contribution in [3.05, 3.63) is 58.0 Å². The van der Waals surface area contributed by atoms with Crippen molar-refractivity contribution in [1.29, 1.82) is 0 Å². The van der Waals surface area contributed by atoms with Gasteiger partial charge in [0.2, 0.25) is 0 Å². The van der Waals surface area contributed by atoms with Gasteiger partial charge in [-0.25, -0.2) is 4.79 Å².